The number of rotatable bonds is 3. The zero-order chi connectivity index (χ0) is 31.2. The SMILES string of the molecule is CCc1c(C#N)c2c3c(c1CC)c1cc(-c4ccccc4)cc4c5c6c(c(C#N)c(c5n3c14)C1CCC2C1)C(C)(C)CC6(C)C. The lowest BCUT2D eigenvalue weighted by Gasteiger charge is -2.27. The highest BCUT2D eigenvalue weighted by atomic mass is 14.9. The molecule has 0 N–H and O–H groups in total. The normalized spacial score (nSPS) is 20.8. The van der Waals surface area contributed by atoms with Gasteiger partial charge in [0.2, 0.25) is 0 Å². The van der Waals surface area contributed by atoms with E-state index in [-0.39, 0.29) is 10.8 Å². The zero-order valence-corrected chi connectivity index (χ0v) is 27.3. The first-order chi connectivity index (χ1) is 21.7. The third-order valence-electron chi connectivity index (χ3n) is 12.1. The molecule has 2 bridgehead atoms. The van der Waals surface area contributed by atoms with Gasteiger partial charge in [0.05, 0.1) is 39.8 Å². The molecule has 0 spiro atoms. The average Bonchev–Trinajstić information content (AvgIpc) is 3.77. The molecule has 2 aliphatic carbocycles. The van der Waals surface area contributed by atoms with Gasteiger partial charge in [0.25, 0.3) is 0 Å². The van der Waals surface area contributed by atoms with Gasteiger partial charge in [-0.3, -0.25) is 0 Å². The molecular formula is C42H39N3. The first kappa shape index (κ1) is 27.0. The molecule has 45 heavy (non-hydrogen) atoms. The van der Waals surface area contributed by atoms with E-state index in [9.17, 15) is 10.5 Å². The van der Waals surface area contributed by atoms with Crippen LogP contribution in [-0.4, -0.2) is 4.40 Å². The van der Waals surface area contributed by atoms with Crippen molar-refractivity contribution in [1.82, 2.24) is 4.40 Å². The molecule has 1 saturated carbocycles. The third kappa shape index (κ3) is 3.10. The standard InChI is InChI=1S/C42H39N3/c1-7-26-27(8-2)34-28-17-25(22-12-10-9-11-13-22)18-29-35-37-36(41(3,4)21-42(37,5)6)31(20-44)33-24-15-14-23(16-24)32(30(26)19-43)39(34)45(38(28)29)40(33)35/h9-13,17-18,23-24H,7-8,14-16,21H2,1-6H3. The van der Waals surface area contributed by atoms with Crippen LogP contribution >= 0.6 is 0 Å². The minimum Gasteiger partial charge on any atom is -0.307 e. The highest BCUT2D eigenvalue weighted by molar-refractivity contribution is 6.27. The quantitative estimate of drug-likeness (QED) is 0.207. The maximum Gasteiger partial charge on any atom is 0.0998 e. The van der Waals surface area contributed by atoms with E-state index in [1.165, 1.54) is 82.6 Å². The van der Waals surface area contributed by atoms with Crippen LogP contribution in [0.2, 0.25) is 0 Å². The van der Waals surface area contributed by atoms with Crippen molar-refractivity contribution in [1.29, 1.82) is 10.5 Å². The molecule has 0 radical (unpaired) electrons. The van der Waals surface area contributed by atoms with Gasteiger partial charge in [-0.25, -0.2) is 0 Å². The minimum atomic E-state index is -0.0875. The summed E-state index contributed by atoms with van der Waals surface area (Å²) in [6.07, 6.45) is 5.92. The molecule has 3 heteroatoms. The van der Waals surface area contributed by atoms with Gasteiger partial charge in [0.1, 0.15) is 0 Å². The second-order valence-electron chi connectivity index (χ2n) is 15.4. The van der Waals surface area contributed by atoms with Gasteiger partial charge < -0.3 is 4.40 Å². The van der Waals surface area contributed by atoms with Crippen LogP contribution in [0.3, 0.4) is 0 Å². The number of hydrogen-bond acceptors (Lipinski definition) is 2. The van der Waals surface area contributed by atoms with E-state index in [1.807, 2.05) is 0 Å². The number of aromatic nitrogens is 1. The van der Waals surface area contributed by atoms with Crippen LogP contribution in [-0.2, 0) is 23.7 Å². The molecule has 1 aliphatic heterocycles. The Morgan fingerprint density at radius 1 is 0.711 bits per heavy atom. The molecule has 2 atom stereocenters. The van der Waals surface area contributed by atoms with Gasteiger partial charge >= 0.3 is 0 Å². The summed E-state index contributed by atoms with van der Waals surface area (Å²) in [7, 11) is 0. The van der Waals surface area contributed by atoms with Crippen molar-refractivity contribution < 1.29 is 0 Å². The summed E-state index contributed by atoms with van der Waals surface area (Å²) in [6.45, 7) is 14.0. The summed E-state index contributed by atoms with van der Waals surface area (Å²) in [5, 5.41) is 27.3. The second kappa shape index (κ2) is 8.68. The lowest BCUT2D eigenvalue weighted by molar-refractivity contribution is 0.403. The molecule has 1 fully saturated rings. The van der Waals surface area contributed by atoms with Crippen LogP contribution in [0.5, 0.6) is 0 Å². The molecule has 9 rings (SSSR count). The van der Waals surface area contributed by atoms with Crippen LogP contribution in [0, 0.1) is 22.7 Å². The van der Waals surface area contributed by atoms with Gasteiger partial charge in [-0.05, 0) is 118 Å². The fourth-order valence-electron chi connectivity index (χ4n) is 11.0. The van der Waals surface area contributed by atoms with Gasteiger partial charge in [-0.1, -0.05) is 71.9 Å². The Bertz CT molecular complexity index is 2370. The molecule has 2 aromatic heterocycles. The van der Waals surface area contributed by atoms with Crippen molar-refractivity contribution in [3.05, 3.63) is 87.0 Å². The molecule has 222 valence electrons. The van der Waals surface area contributed by atoms with E-state index in [1.54, 1.807) is 0 Å². The maximum atomic E-state index is 11.1. The first-order valence-corrected chi connectivity index (χ1v) is 17.0. The van der Waals surface area contributed by atoms with Crippen molar-refractivity contribution in [3.8, 4) is 23.3 Å². The molecule has 6 aromatic rings. The number of benzene rings is 4. The van der Waals surface area contributed by atoms with Crippen molar-refractivity contribution in [2.75, 3.05) is 0 Å². The maximum absolute atomic E-state index is 11.1. The molecule has 0 saturated heterocycles. The smallest absolute Gasteiger partial charge is 0.0998 e. The number of nitrogens with zero attached hydrogens (tertiary/aromatic N) is 3. The lowest BCUT2D eigenvalue weighted by Crippen LogP contribution is -2.18. The van der Waals surface area contributed by atoms with E-state index < -0.39 is 0 Å². The van der Waals surface area contributed by atoms with E-state index in [0.29, 0.717) is 11.8 Å². The van der Waals surface area contributed by atoms with Crippen molar-refractivity contribution >= 4 is 38.1 Å². The largest absolute Gasteiger partial charge is 0.307 e. The first-order valence-electron chi connectivity index (χ1n) is 17.0. The van der Waals surface area contributed by atoms with Crippen LogP contribution < -0.4 is 0 Å². The van der Waals surface area contributed by atoms with Gasteiger partial charge in [0.15, 0.2) is 0 Å². The fourth-order valence-corrected chi connectivity index (χ4v) is 11.0. The highest BCUT2D eigenvalue weighted by Gasteiger charge is 2.49. The van der Waals surface area contributed by atoms with Crippen LogP contribution in [0.15, 0.2) is 42.5 Å². The Morgan fingerprint density at radius 2 is 1.29 bits per heavy atom. The van der Waals surface area contributed by atoms with Crippen LogP contribution in [0.4, 0.5) is 0 Å². The average molecular weight is 586 g/mol. The van der Waals surface area contributed by atoms with E-state index in [2.05, 4.69) is 101 Å². The monoisotopic (exact) mass is 585 g/mol. The van der Waals surface area contributed by atoms with Crippen molar-refractivity contribution in [2.45, 2.75) is 103 Å². The Labute approximate surface area is 265 Å². The predicted octanol–water partition coefficient (Wildman–Crippen LogP) is 10.7. The molecular weight excluding hydrogens is 546 g/mol. The van der Waals surface area contributed by atoms with Crippen LogP contribution in [0.1, 0.15) is 124 Å². The Morgan fingerprint density at radius 3 is 1.91 bits per heavy atom. The van der Waals surface area contributed by atoms with Gasteiger partial charge in [-0.2, -0.15) is 10.5 Å². The summed E-state index contributed by atoms with van der Waals surface area (Å²) >= 11 is 0. The Hall–Kier alpha value is -4.34. The third-order valence-corrected chi connectivity index (χ3v) is 12.1. The summed E-state index contributed by atoms with van der Waals surface area (Å²) in [4.78, 5) is 0. The highest BCUT2D eigenvalue weighted by Crippen LogP contribution is 2.61. The van der Waals surface area contributed by atoms with Gasteiger partial charge in [-0.15, -0.1) is 0 Å². The molecule has 4 aromatic carbocycles. The number of fused-ring (bicyclic) bond motifs is 8. The molecule has 2 unspecified atom stereocenters. The molecule has 3 heterocycles. The number of nitriles is 2. The molecule has 3 nitrogen and oxygen atoms in total. The van der Waals surface area contributed by atoms with E-state index >= 15 is 0 Å². The number of aryl methyl sites for hydroxylation is 1. The van der Waals surface area contributed by atoms with E-state index in [4.69, 9.17) is 0 Å². The minimum absolute atomic E-state index is 0.0745. The Balaban J connectivity index is 1.68. The predicted molar refractivity (Wildman–Crippen MR) is 185 cm³/mol. The summed E-state index contributed by atoms with van der Waals surface area (Å²) in [5.41, 5.74) is 15.8. The van der Waals surface area contributed by atoms with Crippen molar-refractivity contribution in [3.63, 3.8) is 0 Å². The molecule has 0 amide bonds. The fraction of sp³-hybridized carbons (Fsp3) is 0.381. The zero-order valence-electron chi connectivity index (χ0n) is 27.3. The second-order valence-corrected chi connectivity index (χ2v) is 15.4. The van der Waals surface area contributed by atoms with Crippen molar-refractivity contribution in [2.24, 2.45) is 0 Å². The number of hydrogen-bond donors (Lipinski definition) is 0. The summed E-state index contributed by atoms with van der Waals surface area (Å²) in [6, 6.07) is 21.3. The topological polar surface area (TPSA) is 52.0 Å². The lowest BCUT2D eigenvalue weighted by atomic mass is 9.77. The summed E-state index contributed by atoms with van der Waals surface area (Å²) in [5.74, 6) is 0.636. The Kier molecular flexibility index (Phi) is 5.21. The molecule has 3 aliphatic rings. The van der Waals surface area contributed by atoms with Crippen LogP contribution in [0.25, 0.3) is 49.2 Å². The summed E-state index contributed by atoms with van der Waals surface area (Å²) < 4.78 is 2.58. The van der Waals surface area contributed by atoms with Gasteiger partial charge in [0, 0.05) is 21.5 Å². The van der Waals surface area contributed by atoms with E-state index in [0.717, 1.165) is 49.7 Å².